The molecule has 126 valence electrons. The summed E-state index contributed by atoms with van der Waals surface area (Å²) >= 11 is 1.39. The fourth-order valence-electron chi connectivity index (χ4n) is 2.54. The van der Waals surface area contributed by atoms with Crippen molar-refractivity contribution in [1.29, 1.82) is 0 Å². The maximum atomic E-state index is 12.3. The van der Waals surface area contributed by atoms with Crippen LogP contribution in [-0.2, 0) is 0 Å². The van der Waals surface area contributed by atoms with Gasteiger partial charge in [0.25, 0.3) is 5.91 Å². The van der Waals surface area contributed by atoms with Gasteiger partial charge in [0.2, 0.25) is 0 Å². The number of thiazole rings is 1. The van der Waals surface area contributed by atoms with Crippen molar-refractivity contribution in [2.75, 3.05) is 18.5 Å². The number of amides is 1. The lowest BCUT2D eigenvalue weighted by molar-refractivity contribution is 0.102. The number of aryl methyl sites for hydroxylation is 1. The number of aromatic nitrogens is 1. The highest BCUT2D eigenvalue weighted by atomic mass is 32.1. The second-order valence-corrected chi connectivity index (χ2v) is 6.57. The average molecular weight is 352 g/mol. The van der Waals surface area contributed by atoms with Gasteiger partial charge in [0.1, 0.15) is 13.2 Å². The van der Waals surface area contributed by atoms with E-state index in [1.807, 2.05) is 42.6 Å². The van der Waals surface area contributed by atoms with Gasteiger partial charge in [0.15, 0.2) is 16.6 Å². The van der Waals surface area contributed by atoms with E-state index in [1.54, 1.807) is 12.1 Å². The molecule has 0 spiro atoms. The van der Waals surface area contributed by atoms with Crippen LogP contribution in [0.4, 0.5) is 5.13 Å². The third-order valence-electron chi connectivity index (χ3n) is 3.88. The summed E-state index contributed by atoms with van der Waals surface area (Å²) in [5.41, 5.74) is 3.45. The quantitative estimate of drug-likeness (QED) is 0.769. The van der Waals surface area contributed by atoms with Gasteiger partial charge in [0, 0.05) is 16.5 Å². The van der Waals surface area contributed by atoms with Gasteiger partial charge in [-0.25, -0.2) is 4.98 Å². The van der Waals surface area contributed by atoms with Crippen LogP contribution in [0.1, 0.15) is 15.9 Å². The van der Waals surface area contributed by atoms with Gasteiger partial charge in [-0.2, -0.15) is 0 Å². The molecule has 2 aromatic carbocycles. The molecule has 6 heteroatoms. The first-order valence-corrected chi connectivity index (χ1v) is 8.80. The fourth-order valence-corrected chi connectivity index (χ4v) is 3.26. The molecule has 3 aromatic rings. The normalized spacial score (nSPS) is 12.7. The van der Waals surface area contributed by atoms with Crippen LogP contribution < -0.4 is 14.8 Å². The molecule has 1 aliphatic heterocycles. The standard InChI is InChI=1S/C19H16N2O3S/c1-12-2-4-13(5-3-12)18(22)21-19-20-15(11-25-19)14-6-7-16-17(10-14)24-9-8-23-16/h2-7,10-11H,8-9H2,1H3,(H,20,21,22). The zero-order chi connectivity index (χ0) is 17.2. The Morgan fingerprint density at radius 3 is 2.64 bits per heavy atom. The van der Waals surface area contributed by atoms with Gasteiger partial charge in [-0.1, -0.05) is 17.7 Å². The van der Waals surface area contributed by atoms with E-state index in [4.69, 9.17) is 9.47 Å². The maximum absolute atomic E-state index is 12.3. The summed E-state index contributed by atoms with van der Waals surface area (Å²) in [6.45, 7) is 3.10. The van der Waals surface area contributed by atoms with Crippen LogP contribution in [0.5, 0.6) is 11.5 Å². The Bertz CT molecular complexity index is 919. The van der Waals surface area contributed by atoms with Crippen LogP contribution in [0.2, 0.25) is 0 Å². The Labute approximate surface area is 149 Å². The van der Waals surface area contributed by atoms with Crippen molar-refractivity contribution in [2.45, 2.75) is 6.92 Å². The topological polar surface area (TPSA) is 60.5 Å². The number of nitrogens with zero attached hydrogens (tertiary/aromatic N) is 1. The third kappa shape index (κ3) is 3.34. The number of nitrogens with one attached hydrogen (secondary N) is 1. The molecule has 1 aromatic heterocycles. The highest BCUT2D eigenvalue weighted by Crippen LogP contribution is 2.35. The first kappa shape index (κ1) is 15.7. The van der Waals surface area contributed by atoms with Crippen molar-refractivity contribution >= 4 is 22.4 Å². The Kier molecular flexibility index (Phi) is 4.11. The lowest BCUT2D eigenvalue weighted by Gasteiger charge is -2.18. The van der Waals surface area contributed by atoms with E-state index in [9.17, 15) is 4.79 Å². The minimum Gasteiger partial charge on any atom is -0.486 e. The molecule has 25 heavy (non-hydrogen) atoms. The summed E-state index contributed by atoms with van der Waals surface area (Å²) in [7, 11) is 0. The summed E-state index contributed by atoms with van der Waals surface area (Å²) in [6.07, 6.45) is 0. The van der Waals surface area contributed by atoms with Crippen LogP contribution in [0.15, 0.2) is 47.8 Å². The first-order valence-electron chi connectivity index (χ1n) is 7.92. The number of ether oxygens (including phenoxy) is 2. The maximum Gasteiger partial charge on any atom is 0.257 e. The van der Waals surface area contributed by atoms with E-state index in [-0.39, 0.29) is 5.91 Å². The molecule has 5 nitrogen and oxygen atoms in total. The summed E-state index contributed by atoms with van der Waals surface area (Å²) in [5.74, 6) is 1.31. The van der Waals surface area contributed by atoms with Crippen molar-refractivity contribution in [3.63, 3.8) is 0 Å². The number of benzene rings is 2. The van der Waals surface area contributed by atoms with Crippen LogP contribution >= 0.6 is 11.3 Å². The van der Waals surface area contributed by atoms with Crippen molar-refractivity contribution in [3.05, 3.63) is 59.0 Å². The number of carbonyl (C=O) groups excluding carboxylic acids is 1. The number of hydrogen-bond donors (Lipinski definition) is 1. The molecule has 0 unspecified atom stereocenters. The lowest BCUT2D eigenvalue weighted by Crippen LogP contribution is -2.15. The predicted octanol–water partition coefficient (Wildman–Crippen LogP) is 4.14. The highest BCUT2D eigenvalue weighted by molar-refractivity contribution is 7.14. The Morgan fingerprint density at radius 1 is 1.08 bits per heavy atom. The second-order valence-electron chi connectivity index (χ2n) is 5.72. The average Bonchev–Trinajstić information content (AvgIpc) is 3.10. The molecule has 4 rings (SSSR count). The molecule has 1 amide bonds. The number of fused-ring (bicyclic) bond motifs is 1. The number of carbonyl (C=O) groups is 1. The third-order valence-corrected chi connectivity index (χ3v) is 4.63. The van der Waals surface area contributed by atoms with Crippen molar-refractivity contribution < 1.29 is 14.3 Å². The van der Waals surface area contributed by atoms with Crippen LogP contribution in [0.3, 0.4) is 0 Å². The van der Waals surface area contributed by atoms with E-state index < -0.39 is 0 Å². The largest absolute Gasteiger partial charge is 0.486 e. The monoisotopic (exact) mass is 352 g/mol. The fraction of sp³-hybridized carbons (Fsp3) is 0.158. The molecule has 0 radical (unpaired) electrons. The van der Waals surface area contributed by atoms with Gasteiger partial charge >= 0.3 is 0 Å². The second kappa shape index (κ2) is 6.57. The van der Waals surface area contributed by atoms with Gasteiger partial charge in [0.05, 0.1) is 5.69 Å². The Morgan fingerprint density at radius 2 is 1.84 bits per heavy atom. The van der Waals surface area contributed by atoms with Gasteiger partial charge in [-0.3, -0.25) is 10.1 Å². The molecule has 1 aliphatic rings. The molecule has 0 saturated heterocycles. The minimum absolute atomic E-state index is 0.164. The highest BCUT2D eigenvalue weighted by Gasteiger charge is 2.14. The van der Waals surface area contributed by atoms with Gasteiger partial charge in [-0.15, -0.1) is 11.3 Å². The van der Waals surface area contributed by atoms with Crippen molar-refractivity contribution in [1.82, 2.24) is 4.98 Å². The molecular weight excluding hydrogens is 336 g/mol. The van der Waals surface area contributed by atoms with Crippen molar-refractivity contribution in [3.8, 4) is 22.8 Å². The molecule has 1 N–H and O–H groups in total. The minimum atomic E-state index is -0.164. The first-order chi connectivity index (χ1) is 12.2. The molecule has 0 fully saturated rings. The number of hydrogen-bond acceptors (Lipinski definition) is 5. The van der Waals surface area contributed by atoms with E-state index >= 15 is 0 Å². The van der Waals surface area contributed by atoms with Gasteiger partial charge < -0.3 is 9.47 Å². The van der Waals surface area contributed by atoms with Crippen LogP contribution in [0.25, 0.3) is 11.3 Å². The van der Waals surface area contributed by atoms with Crippen LogP contribution in [0, 0.1) is 6.92 Å². The van der Waals surface area contributed by atoms with E-state index in [1.165, 1.54) is 11.3 Å². The molecule has 2 heterocycles. The molecule has 0 bridgehead atoms. The lowest BCUT2D eigenvalue weighted by atomic mass is 10.1. The summed E-state index contributed by atoms with van der Waals surface area (Å²) < 4.78 is 11.1. The smallest absolute Gasteiger partial charge is 0.257 e. The molecule has 0 saturated carbocycles. The van der Waals surface area contributed by atoms with Crippen LogP contribution in [-0.4, -0.2) is 24.1 Å². The Hall–Kier alpha value is -2.86. The van der Waals surface area contributed by atoms with E-state index in [2.05, 4.69) is 10.3 Å². The zero-order valence-electron chi connectivity index (χ0n) is 13.6. The van der Waals surface area contributed by atoms with E-state index in [0.717, 1.165) is 28.3 Å². The summed E-state index contributed by atoms with van der Waals surface area (Å²) in [4.78, 5) is 16.8. The SMILES string of the molecule is Cc1ccc(C(=O)Nc2nc(-c3ccc4c(c3)OCCO4)cs2)cc1. The number of anilines is 1. The van der Waals surface area contributed by atoms with Gasteiger partial charge in [-0.05, 0) is 37.3 Å². The Balaban J connectivity index is 1.52. The van der Waals surface area contributed by atoms with Crippen molar-refractivity contribution in [2.24, 2.45) is 0 Å². The van der Waals surface area contributed by atoms with E-state index in [0.29, 0.717) is 23.9 Å². The molecular formula is C19H16N2O3S. The molecule has 0 atom stereocenters. The summed E-state index contributed by atoms with van der Waals surface area (Å²) in [5, 5.41) is 5.32. The zero-order valence-corrected chi connectivity index (χ0v) is 14.4. The summed E-state index contributed by atoms with van der Waals surface area (Å²) in [6, 6.07) is 13.2. The molecule has 0 aliphatic carbocycles. The number of rotatable bonds is 3. The predicted molar refractivity (Wildman–Crippen MR) is 97.7 cm³/mol.